The van der Waals surface area contributed by atoms with Crippen molar-refractivity contribution in [3.63, 3.8) is 0 Å². The van der Waals surface area contributed by atoms with Gasteiger partial charge in [-0.3, -0.25) is 0 Å². The first-order valence-electron chi connectivity index (χ1n) is 6.78. The summed E-state index contributed by atoms with van der Waals surface area (Å²) in [5, 5.41) is 6.48. The zero-order valence-corrected chi connectivity index (χ0v) is 13.6. The summed E-state index contributed by atoms with van der Waals surface area (Å²) in [7, 11) is 0. The van der Waals surface area contributed by atoms with E-state index in [1.165, 1.54) is 29.5 Å². The molecule has 0 atom stereocenters. The molecule has 3 nitrogen and oxygen atoms in total. The molecule has 2 heterocycles. The van der Waals surface area contributed by atoms with Crippen molar-refractivity contribution in [2.24, 2.45) is 0 Å². The van der Waals surface area contributed by atoms with Crippen LogP contribution in [0.3, 0.4) is 0 Å². The number of nitrogens with zero attached hydrogens (tertiary/aromatic N) is 1. The number of thiophene rings is 1. The van der Waals surface area contributed by atoms with Crippen LogP contribution in [0.4, 0.5) is 4.39 Å². The number of benzene rings is 1. The van der Waals surface area contributed by atoms with Crippen molar-refractivity contribution in [2.75, 3.05) is 0 Å². The van der Waals surface area contributed by atoms with Crippen molar-refractivity contribution >= 4 is 34.7 Å². The summed E-state index contributed by atoms with van der Waals surface area (Å²) in [6.07, 6.45) is 3.11. The van der Waals surface area contributed by atoms with Crippen LogP contribution in [-0.4, -0.2) is 11.0 Å². The minimum Gasteiger partial charge on any atom is -0.456 e. The molecule has 0 radical (unpaired) electrons. The number of hydrogen-bond acceptors (Lipinski definition) is 5. The summed E-state index contributed by atoms with van der Waals surface area (Å²) in [5.41, 5.74) is 2.48. The molecule has 0 N–H and O–H groups in total. The molecule has 2 aromatic heterocycles. The second-order valence-corrected chi connectivity index (χ2v) is 6.29. The number of carbonyl (C=O) groups is 1. The molecule has 0 bridgehead atoms. The fourth-order valence-corrected chi connectivity index (χ4v) is 3.26. The quantitative estimate of drug-likeness (QED) is 0.494. The third-order valence-electron chi connectivity index (χ3n) is 2.96. The van der Waals surface area contributed by atoms with Gasteiger partial charge in [0, 0.05) is 17.0 Å². The fourth-order valence-electron chi connectivity index (χ4n) is 1.83. The lowest BCUT2D eigenvalue weighted by Gasteiger charge is -1.98. The molecular weight excluding hydrogens is 333 g/mol. The van der Waals surface area contributed by atoms with E-state index in [1.54, 1.807) is 29.5 Å². The van der Waals surface area contributed by atoms with Gasteiger partial charge in [-0.15, -0.1) is 11.3 Å². The van der Waals surface area contributed by atoms with Gasteiger partial charge in [0.25, 0.3) is 0 Å². The largest absolute Gasteiger partial charge is 0.456 e. The SMILES string of the molecule is O=C(/C=C/c1ccsc1)OCc1csc(-c2ccc(F)cc2)n1. The van der Waals surface area contributed by atoms with Gasteiger partial charge in [0.1, 0.15) is 17.4 Å². The molecule has 0 saturated heterocycles. The lowest BCUT2D eigenvalue weighted by atomic mass is 10.2. The molecule has 6 heteroatoms. The Kier molecular flexibility index (Phi) is 4.95. The Morgan fingerprint density at radius 1 is 1.22 bits per heavy atom. The van der Waals surface area contributed by atoms with Crippen molar-refractivity contribution < 1.29 is 13.9 Å². The van der Waals surface area contributed by atoms with Crippen LogP contribution in [0.15, 0.2) is 52.5 Å². The standard InChI is InChI=1S/C17H12FNO2S2/c18-14-4-2-13(3-5-14)17-19-15(11-23-17)9-21-16(20)6-1-12-7-8-22-10-12/h1-8,10-11H,9H2/b6-1+. The number of halogens is 1. The first-order chi connectivity index (χ1) is 11.2. The van der Waals surface area contributed by atoms with Crippen LogP contribution in [-0.2, 0) is 16.1 Å². The predicted octanol–water partition coefficient (Wildman–Crippen LogP) is 4.77. The fraction of sp³-hybridized carbons (Fsp3) is 0.0588. The van der Waals surface area contributed by atoms with Crippen LogP contribution in [0.5, 0.6) is 0 Å². The average molecular weight is 345 g/mol. The molecule has 0 aliphatic heterocycles. The van der Waals surface area contributed by atoms with Crippen LogP contribution < -0.4 is 0 Å². The van der Waals surface area contributed by atoms with E-state index in [1.807, 2.05) is 22.2 Å². The molecule has 0 unspecified atom stereocenters. The molecule has 23 heavy (non-hydrogen) atoms. The number of ether oxygens (including phenoxy) is 1. The molecule has 0 spiro atoms. The minimum absolute atomic E-state index is 0.116. The van der Waals surface area contributed by atoms with Crippen molar-refractivity contribution in [1.29, 1.82) is 0 Å². The van der Waals surface area contributed by atoms with Crippen LogP contribution in [0, 0.1) is 5.82 Å². The number of rotatable bonds is 5. The Labute approximate surface area is 140 Å². The summed E-state index contributed by atoms with van der Waals surface area (Å²) in [5.74, 6) is -0.690. The van der Waals surface area contributed by atoms with Gasteiger partial charge in [0.2, 0.25) is 0 Å². The normalized spacial score (nSPS) is 11.0. The zero-order chi connectivity index (χ0) is 16.1. The first-order valence-corrected chi connectivity index (χ1v) is 8.60. The van der Waals surface area contributed by atoms with Crippen molar-refractivity contribution in [3.8, 4) is 10.6 Å². The summed E-state index contributed by atoms with van der Waals surface area (Å²) in [4.78, 5) is 16.0. The Balaban J connectivity index is 1.57. The maximum Gasteiger partial charge on any atom is 0.331 e. The van der Waals surface area contributed by atoms with Gasteiger partial charge in [-0.05, 0) is 52.7 Å². The predicted molar refractivity (Wildman–Crippen MR) is 90.7 cm³/mol. The topological polar surface area (TPSA) is 39.2 Å². The van der Waals surface area contributed by atoms with E-state index in [2.05, 4.69) is 4.98 Å². The van der Waals surface area contributed by atoms with Crippen molar-refractivity contribution in [1.82, 2.24) is 4.98 Å². The van der Waals surface area contributed by atoms with E-state index in [4.69, 9.17) is 4.74 Å². The molecular formula is C17H12FNO2S2. The van der Waals surface area contributed by atoms with E-state index >= 15 is 0 Å². The second-order valence-electron chi connectivity index (χ2n) is 4.65. The van der Waals surface area contributed by atoms with Gasteiger partial charge >= 0.3 is 5.97 Å². The average Bonchev–Trinajstić information content (AvgIpc) is 3.23. The molecule has 0 saturated carbocycles. The van der Waals surface area contributed by atoms with Crippen LogP contribution in [0.1, 0.15) is 11.3 Å². The third kappa shape index (κ3) is 4.34. The number of hydrogen-bond donors (Lipinski definition) is 0. The van der Waals surface area contributed by atoms with Gasteiger partial charge in [-0.1, -0.05) is 0 Å². The van der Waals surface area contributed by atoms with Crippen LogP contribution >= 0.6 is 22.7 Å². The summed E-state index contributed by atoms with van der Waals surface area (Å²) in [6.45, 7) is 0.116. The molecule has 1 aromatic carbocycles. The maximum absolute atomic E-state index is 12.9. The van der Waals surface area contributed by atoms with E-state index in [-0.39, 0.29) is 12.4 Å². The smallest absolute Gasteiger partial charge is 0.331 e. The van der Waals surface area contributed by atoms with Gasteiger partial charge in [-0.2, -0.15) is 11.3 Å². The van der Waals surface area contributed by atoms with Gasteiger partial charge < -0.3 is 4.74 Å². The van der Waals surface area contributed by atoms with Crippen LogP contribution in [0.25, 0.3) is 16.6 Å². The minimum atomic E-state index is -0.410. The third-order valence-corrected chi connectivity index (χ3v) is 4.60. The van der Waals surface area contributed by atoms with Crippen molar-refractivity contribution in [2.45, 2.75) is 6.61 Å². The second kappa shape index (κ2) is 7.30. The Morgan fingerprint density at radius 2 is 2.04 bits per heavy atom. The molecule has 3 rings (SSSR count). The molecule has 3 aromatic rings. The molecule has 0 aliphatic carbocycles. The summed E-state index contributed by atoms with van der Waals surface area (Å²) < 4.78 is 18.1. The molecule has 0 fully saturated rings. The Hall–Kier alpha value is -2.31. The van der Waals surface area contributed by atoms with Gasteiger partial charge in [0.05, 0.1) is 5.69 Å². The van der Waals surface area contributed by atoms with E-state index in [0.29, 0.717) is 5.69 Å². The number of esters is 1. The summed E-state index contributed by atoms with van der Waals surface area (Å²) in [6, 6.07) is 8.06. The van der Waals surface area contributed by atoms with E-state index in [9.17, 15) is 9.18 Å². The monoisotopic (exact) mass is 345 g/mol. The molecule has 0 aliphatic rings. The van der Waals surface area contributed by atoms with Crippen LogP contribution in [0.2, 0.25) is 0 Å². The van der Waals surface area contributed by atoms with E-state index in [0.717, 1.165) is 16.1 Å². The maximum atomic E-state index is 12.9. The van der Waals surface area contributed by atoms with E-state index < -0.39 is 5.97 Å². The highest BCUT2D eigenvalue weighted by molar-refractivity contribution is 7.13. The van der Waals surface area contributed by atoms with Gasteiger partial charge in [-0.25, -0.2) is 14.2 Å². The highest BCUT2D eigenvalue weighted by atomic mass is 32.1. The number of thiazole rings is 1. The lowest BCUT2D eigenvalue weighted by Crippen LogP contribution is -2.00. The lowest BCUT2D eigenvalue weighted by molar-refractivity contribution is -0.139. The summed E-state index contributed by atoms with van der Waals surface area (Å²) >= 11 is 3.00. The molecule has 116 valence electrons. The number of carbonyl (C=O) groups excluding carboxylic acids is 1. The molecule has 0 amide bonds. The number of aromatic nitrogens is 1. The highest BCUT2D eigenvalue weighted by Gasteiger charge is 2.06. The Morgan fingerprint density at radius 3 is 2.78 bits per heavy atom. The van der Waals surface area contributed by atoms with Crippen molar-refractivity contribution in [3.05, 3.63) is 69.6 Å². The first kappa shape index (κ1) is 15.6. The Bertz CT molecular complexity index is 808. The zero-order valence-electron chi connectivity index (χ0n) is 11.9. The van der Waals surface area contributed by atoms with Gasteiger partial charge in [0.15, 0.2) is 0 Å². The highest BCUT2D eigenvalue weighted by Crippen LogP contribution is 2.24.